The van der Waals surface area contributed by atoms with Crippen LogP contribution in [0.4, 0.5) is 5.82 Å². The van der Waals surface area contributed by atoms with Crippen molar-refractivity contribution in [2.45, 2.75) is 25.9 Å². The fraction of sp³-hybridized carbons (Fsp3) is 0.458. The Morgan fingerprint density at radius 3 is 2.88 bits per heavy atom. The molecule has 0 spiro atoms. The quantitative estimate of drug-likeness (QED) is 0.615. The molecule has 168 valence electrons. The minimum atomic E-state index is 0.0565. The van der Waals surface area contributed by atoms with Gasteiger partial charge >= 0.3 is 0 Å². The Balaban J connectivity index is 1.38. The van der Waals surface area contributed by atoms with Gasteiger partial charge in [0, 0.05) is 55.6 Å². The van der Waals surface area contributed by atoms with E-state index in [2.05, 4.69) is 33.4 Å². The highest BCUT2D eigenvalue weighted by Crippen LogP contribution is 2.33. The molecule has 3 aromatic rings. The van der Waals surface area contributed by atoms with Gasteiger partial charge in [-0.2, -0.15) is 5.10 Å². The average Bonchev–Trinajstić information content (AvgIpc) is 3.46. The summed E-state index contributed by atoms with van der Waals surface area (Å²) in [4.78, 5) is 18.8. The maximum absolute atomic E-state index is 12.1. The minimum Gasteiger partial charge on any atom is -0.491 e. The van der Waals surface area contributed by atoms with Crippen molar-refractivity contribution in [3.8, 4) is 16.9 Å². The number of pyridine rings is 2. The molecule has 2 fully saturated rings. The molecule has 5 rings (SSSR count). The smallest absolute Gasteiger partial charge is 0.228 e. The number of hydrogen-bond donors (Lipinski definition) is 1. The Morgan fingerprint density at radius 2 is 2.09 bits per heavy atom. The number of nitrogens with one attached hydrogen (secondary N) is 1. The first-order valence-electron chi connectivity index (χ1n) is 11.1. The van der Waals surface area contributed by atoms with Crippen LogP contribution in [0.3, 0.4) is 0 Å². The molecule has 2 aliphatic rings. The number of rotatable bonds is 7. The van der Waals surface area contributed by atoms with E-state index in [1.54, 1.807) is 17.8 Å². The molecule has 2 atom stereocenters. The number of fused-ring (bicyclic) bond motifs is 1. The van der Waals surface area contributed by atoms with E-state index in [4.69, 9.17) is 9.47 Å². The van der Waals surface area contributed by atoms with Crippen LogP contribution in [0.15, 0.2) is 36.7 Å². The lowest BCUT2D eigenvalue weighted by Crippen LogP contribution is -2.26. The van der Waals surface area contributed by atoms with Crippen molar-refractivity contribution >= 4 is 17.2 Å². The van der Waals surface area contributed by atoms with Crippen molar-refractivity contribution in [3.63, 3.8) is 0 Å². The highest BCUT2D eigenvalue weighted by Gasteiger charge is 2.32. The topological polar surface area (TPSA) is 81.0 Å². The lowest BCUT2D eigenvalue weighted by Gasteiger charge is -2.19. The zero-order chi connectivity index (χ0) is 22.2. The second-order valence-electron chi connectivity index (χ2n) is 8.97. The molecule has 32 heavy (non-hydrogen) atoms. The Bertz CT molecular complexity index is 1140. The summed E-state index contributed by atoms with van der Waals surface area (Å²) in [6.07, 6.45) is 5.82. The summed E-state index contributed by atoms with van der Waals surface area (Å²) in [6.45, 7) is 4.42. The van der Waals surface area contributed by atoms with Crippen molar-refractivity contribution in [2.75, 3.05) is 39.2 Å². The molecule has 1 N–H and O–H groups in total. The predicted molar refractivity (Wildman–Crippen MR) is 122 cm³/mol. The second-order valence-corrected chi connectivity index (χ2v) is 8.97. The third-order valence-electron chi connectivity index (χ3n) is 6.30. The summed E-state index contributed by atoms with van der Waals surface area (Å²) in [5, 5.41) is 7.39. The van der Waals surface area contributed by atoms with Crippen LogP contribution >= 0.6 is 0 Å². The summed E-state index contributed by atoms with van der Waals surface area (Å²) < 4.78 is 13.7. The van der Waals surface area contributed by atoms with Crippen LogP contribution in [0.2, 0.25) is 0 Å². The summed E-state index contributed by atoms with van der Waals surface area (Å²) in [5.74, 6) is 1.85. The summed E-state index contributed by atoms with van der Waals surface area (Å²) in [6, 6.07) is 8.01. The largest absolute Gasteiger partial charge is 0.491 e. The number of hydrogen-bond acceptors (Lipinski definition) is 6. The van der Waals surface area contributed by atoms with Gasteiger partial charge in [0.05, 0.1) is 24.4 Å². The van der Waals surface area contributed by atoms with Gasteiger partial charge in [-0.1, -0.05) is 0 Å². The second kappa shape index (κ2) is 8.52. The molecule has 1 amide bonds. The highest BCUT2D eigenvalue weighted by molar-refractivity contribution is 5.93. The van der Waals surface area contributed by atoms with Crippen molar-refractivity contribution in [3.05, 3.63) is 42.4 Å². The van der Waals surface area contributed by atoms with E-state index in [9.17, 15) is 4.79 Å². The molecule has 8 nitrogen and oxygen atoms in total. The first-order chi connectivity index (χ1) is 15.5. The molecular weight excluding hydrogens is 406 g/mol. The molecule has 0 bridgehead atoms. The number of carbonyl (C=O) groups is 1. The maximum atomic E-state index is 12.1. The van der Waals surface area contributed by atoms with Gasteiger partial charge in [0.25, 0.3) is 0 Å². The van der Waals surface area contributed by atoms with E-state index in [1.807, 2.05) is 31.3 Å². The molecule has 0 unspecified atom stereocenters. The monoisotopic (exact) mass is 435 g/mol. The van der Waals surface area contributed by atoms with Crippen LogP contribution < -0.4 is 10.1 Å². The SMILES string of the molecule is CO[C@H]1CN(C)C[C@@H]1COc1cnc(C)cc1-c1ccn2nc(NC(=O)C3CC3)cc2c1. The number of likely N-dealkylation sites (tertiary alicyclic amines) is 1. The van der Waals surface area contributed by atoms with Gasteiger partial charge in [0.2, 0.25) is 5.91 Å². The number of nitrogens with zero attached hydrogens (tertiary/aromatic N) is 4. The Hall–Kier alpha value is -2.97. The molecule has 1 aliphatic heterocycles. The third-order valence-corrected chi connectivity index (χ3v) is 6.30. The number of anilines is 1. The number of carbonyl (C=O) groups excluding carboxylic acids is 1. The number of aryl methyl sites for hydroxylation is 1. The molecule has 1 saturated carbocycles. The molecule has 1 saturated heterocycles. The van der Waals surface area contributed by atoms with Crippen molar-refractivity contribution in [2.24, 2.45) is 11.8 Å². The Labute approximate surface area is 187 Å². The molecule has 8 heteroatoms. The van der Waals surface area contributed by atoms with Crippen molar-refractivity contribution in [1.82, 2.24) is 19.5 Å². The van der Waals surface area contributed by atoms with Crippen LogP contribution in [0.1, 0.15) is 18.5 Å². The fourth-order valence-electron chi connectivity index (χ4n) is 4.36. The van der Waals surface area contributed by atoms with Crippen LogP contribution in [-0.2, 0) is 9.53 Å². The van der Waals surface area contributed by atoms with Crippen LogP contribution in [-0.4, -0.2) is 65.4 Å². The lowest BCUT2D eigenvalue weighted by molar-refractivity contribution is -0.117. The van der Waals surface area contributed by atoms with Gasteiger partial charge < -0.3 is 19.7 Å². The van der Waals surface area contributed by atoms with Gasteiger partial charge in [-0.15, -0.1) is 0 Å². The molecular formula is C24H29N5O3. The fourth-order valence-corrected chi connectivity index (χ4v) is 4.36. The number of aromatic nitrogens is 3. The molecule has 0 radical (unpaired) electrons. The number of likely N-dealkylation sites (N-methyl/N-ethyl adjacent to an activating group) is 1. The molecule has 0 aromatic carbocycles. The zero-order valence-corrected chi connectivity index (χ0v) is 18.7. The summed E-state index contributed by atoms with van der Waals surface area (Å²) in [7, 11) is 3.87. The Kier molecular flexibility index (Phi) is 5.57. The number of ether oxygens (including phenoxy) is 2. The summed E-state index contributed by atoms with van der Waals surface area (Å²) >= 11 is 0. The number of methoxy groups -OCH3 is 1. The van der Waals surface area contributed by atoms with Gasteiger partial charge in [-0.3, -0.25) is 9.78 Å². The van der Waals surface area contributed by atoms with Gasteiger partial charge in [0.15, 0.2) is 5.82 Å². The first-order valence-corrected chi connectivity index (χ1v) is 11.1. The highest BCUT2D eigenvalue weighted by atomic mass is 16.5. The Morgan fingerprint density at radius 1 is 1.25 bits per heavy atom. The van der Waals surface area contributed by atoms with Crippen LogP contribution in [0, 0.1) is 18.8 Å². The standard InChI is InChI=1S/C24H29N5O3/c1-15-8-20(21(11-25-15)32-14-18-12-28(2)13-22(18)31-3)17-6-7-29-19(9-17)10-23(27-29)26-24(30)16-4-5-16/h6-11,16,18,22H,4-5,12-14H2,1-3H3,(H,26,27,30)/t18-,22+/m1/s1. The van der Waals surface area contributed by atoms with E-state index in [-0.39, 0.29) is 17.9 Å². The normalized spacial score (nSPS) is 21.2. The molecule has 4 heterocycles. The van der Waals surface area contributed by atoms with E-state index < -0.39 is 0 Å². The van der Waals surface area contributed by atoms with Gasteiger partial charge in [-0.25, -0.2) is 4.52 Å². The molecule has 1 aliphatic carbocycles. The van der Waals surface area contributed by atoms with Crippen LogP contribution in [0.25, 0.3) is 16.6 Å². The van der Waals surface area contributed by atoms with Gasteiger partial charge in [-0.05, 0) is 50.6 Å². The van der Waals surface area contributed by atoms with Crippen molar-refractivity contribution in [1.29, 1.82) is 0 Å². The number of amides is 1. The third kappa shape index (κ3) is 4.33. The average molecular weight is 436 g/mol. The van der Waals surface area contributed by atoms with E-state index in [1.165, 1.54) is 0 Å². The van der Waals surface area contributed by atoms with E-state index in [0.717, 1.165) is 54.0 Å². The van der Waals surface area contributed by atoms with E-state index >= 15 is 0 Å². The van der Waals surface area contributed by atoms with Crippen LogP contribution in [0.5, 0.6) is 5.75 Å². The maximum Gasteiger partial charge on any atom is 0.228 e. The van der Waals surface area contributed by atoms with Crippen molar-refractivity contribution < 1.29 is 14.3 Å². The first kappa shape index (κ1) is 20.9. The predicted octanol–water partition coefficient (Wildman–Crippen LogP) is 3.01. The lowest BCUT2D eigenvalue weighted by atomic mass is 10.1. The van der Waals surface area contributed by atoms with Gasteiger partial charge in [0.1, 0.15) is 5.75 Å². The minimum absolute atomic E-state index is 0.0565. The summed E-state index contributed by atoms with van der Waals surface area (Å²) in [5.41, 5.74) is 3.84. The molecule has 3 aromatic heterocycles. The van der Waals surface area contributed by atoms with E-state index in [0.29, 0.717) is 18.3 Å². The zero-order valence-electron chi connectivity index (χ0n) is 18.7.